The molecule has 3 rings (SSSR count). The normalized spacial score (nSPS) is 40.1. The summed E-state index contributed by atoms with van der Waals surface area (Å²) in [5.41, 5.74) is 0.499. The molecule has 0 heterocycles. The van der Waals surface area contributed by atoms with Gasteiger partial charge in [0.15, 0.2) is 0 Å². The molecule has 0 bridgehead atoms. The third-order valence-electron chi connectivity index (χ3n) is 6.97. The first-order valence-electron chi connectivity index (χ1n) is 9.17. The zero-order chi connectivity index (χ0) is 16.7. The van der Waals surface area contributed by atoms with Crippen LogP contribution in [0.1, 0.15) is 65.7 Å². The van der Waals surface area contributed by atoms with Gasteiger partial charge in [-0.3, -0.25) is 4.79 Å². The van der Waals surface area contributed by atoms with Gasteiger partial charge in [0.25, 0.3) is 0 Å². The van der Waals surface area contributed by atoms with Crippen molar-refractivity contribution >= 4 is 5.78 Å². The summed E-state index contributed by atoms with van der Waals surface area (Å²) >= 11 is 0. The Kier molecular flexibility index (Phi) is 4.48. The molecule has 3 fully saturated rings. The summed E-state index contributed by atoms with van der Waals surface area (Å²) in [4.78, 5) is 12.3. The Morgan fingerprint density at radius 3 is 2.87 bits per heavy atom. The van der Waals surface area contributed by atoms with Crippen molar-refractivity contribution in [2.75, 3.05) is 13.9 Å². The van der Waals surface area contributed by atoms with Crippen LogP contribution in [-0.2, 0) is 14.3 Å². The third-order valence-corrected chi connectivity index (χ3v) is 6.97. The van der Waals surface area contributed by atoms with Crippen molar-refractivity contribution in [1.29, 1.82) is 0 Å². The number of carbonyl (C=O) groups is 1. The van der Waals surface area contributed by atoms with E-state index in [1.807, 2.05) is 0 Å². The molecule has 0 aromatic heterocycles. The van der Waals surface area contributed by atoms with Gasteiger partial charge in [-0.2, -0.15) is 0 Å². The fraction of sp³-hybridized carbons (Fsp3) is 0.850. The Morgan fingerprint density at radius 1 is 1.35 bits per heavy atom. The second-order valence-electron chi connectivity index (χ2n) is 8.74. The number of hydrogen-bond donors (Lipinski definition) is 0. The SMILES string of the molecule is COCOC(C)(C)C/C=C/[C@@H]1C[C@@]12CC[C@H]1C(=O)CCC[C@@]12C. The number of ketones is 1. The number of fused-ring (bicyclic) bond motifs is 2. The van der Waals surface area contributed by atoms with Crippen LogP contribution >= 0.6 is 0 Å². The first-order valence-corrected chi connectivity index (χ1v) is 9.17. The van der Waals surface area contributed by atoms with Crippen molar-refractivity contribution in [3.63, 3.8) is 0 Å². The van der Waals surface area contributed by atoms with Crippen molar-refractivity contribution in [1.82, 2.24) is 0 Å². The van der Waals surface area contributed by atoms with Crippen molar-refractivity contribution in [2.24, 2.45) is 22.7 Å². The van der Waals surface area contributed by atoms with E-state index in [0.29, 0.717) is 29.8 Å². The molecule has 1 spiro atoms. The molecule has 130 valence electrons. The summed E-state index contributed by atoms with van der Waals surface area (Å²) in [5, 5.41) is 0. The lowest BCUT2D eigenvalue weighted by molar-refractivity contribution is -0.130. The average Bonchev–Trinajstić information content (AvgIpc) is 3.11. The predicted octanol–water partition coefficient (Wildman–Crippen LogP) is 4.51. The number of carbonyl (C=O) groups excluding carboxylic acids is 1. The topological polar surface area (TPSA) is 35.5 Å². The van der Waals surface area contributed by atoms with Crippen LogP contribution in [0.4, 0.5) is 0 Å². The fourth-order valence-electron chi connectivity index (χ4n) is 5.42. The zero-order valence-electron chi connectivity index (χ0n) is 15.2. The Balaban J connectivity index is 1.60. The van der Waals surface area contributed by atoms with Crippen LogP contribution in [-0.4, -0.2) is 25.3 Å². The van der Waals surface area contributed by atoms with Gasteiger partial charge in [0.05, 0.1) is 5.60 Å². The lowest BCUT2D eigenvalue weighted by Gasteiger charge is -2.41. The quantitative estimate of drug-likeness (QED) is 0.533. The minimum atomic E-state index is -0.183. The highest BCUT2D eigenvalue weighted by atomic mass is 16.7. The first-order chi connectivity index (χ1) is 10.8. The molecule has 0 aromatic carbocycles. The molecule has 23 heavy (non-hydrogen) atoms. The summed E-state index contributed by atoms with van der Waals surface area (Å²) in [6, 6.07) is 0. The summed E-state index contributed by atoms with van der Waals surface area (Å²) < 4.78 is 10.7. The van der Waals surface area contributed by atoms with E-state index in [0.717, 1.165) is 25.7 Å². The molecule has 0 amide bonds. The average molecular weight is 320 g/mol. The van der Waals surface area contributed by atoms with Crippen molar-refractivity contribution < 1.29 is 14.3 Å². The number of allylic oxidation sites excluding steroid dienone is 1. The first kappa shape index (κ1) is 17.2. The van der Waals surface area contributed by atoms with Crippen molar-refractivity contribution in [3.8, 4) is 0 Å². The molecule has 0 radical (unpaired) electrons. The van der Waals surface area contributed by atoms with Gasteiger partial charge in [0, 0.05) is 19.4 Å². The van der Waals surface area contributed by atoms with Gasteiger partial charge in [0.2, 0.25) is 0 Å². The van der Waals surface area contributed by atoms with Gasteiger partial charge in [-0.15, -0.1) is 0 Å². The minimum absolute atomic E-state index is 0.183. The van der Waals surface area contributed by atoms with Gasteiger partial charge in [-0.1, -0.05) is 19.1 Å². The van der Waals surface area contributed by atoms with Crippen molar-refractivity contribution in [2.45, 2.75) is 71.3 Å². The summed E-state index contributed by atoms with van der Waals surface area (Å²) in [5.74, 6) is 1.55. The number of ether oxygens (including phenoxy) is 2. The maximum absolute atomic E-state index is 12.3. The smallest absolute Gasteiger partial charge is 0.147 e. The van der Waals surface area contributed by atoms with Crippen LogP contribution in [0.3, 0.4) is 0 Å². The molecule has 3 aliphatic rings. The second-order valence-corrected chi connectivity index (χ2v) is 8.74. The second kappa shape index (κ2) is 6.00. The monoisotopic (exact) mass is 320 g/mol. The molecule has 3 saturated carbocycles. The zero-order valence-corrected chi connectivity index (χ0v) is 15.2. The van der Waals surface area contributed by atoms with E-state index in [9.17, 15) is 4.79 Å². The van der Waals surface area contributed by atoms with Crippen LogP contribution in [0.5, 0.6) is 0 Å². The lowest BCUT2D eigenvalue weighted by atomic mass is 9.62. The lowest BCUT2D eigenvalue weighted by Crippen LogP contribution is -2.38. The highest BCUT2D eigenvalue weighted by Gasteiger charge is 2.69. The predicted molar refractivity (Wildman–Crippen MR) is 91.0 cm³/mol. The van der Waals surface area contributed by atoms with E-state index < -0.39 is 0 Å². The van der Waals surface area contributed by atoms with Crippen molar-refractivity contribution in [3.05, 3.63) is 12.2 Å². The van der Waals surface area contributed by atoms with Gasteiger partial charge in [-0.05, 0) is 69.1 Å². The molecule has 0 saturated heterocycles. The van der Waals surface area contributed by atoms with E-state index in [2.05, 4.69) is 32.9 Å². The maximum atomic E-state index is 12.3. The molecule has 0 N–H and O–H groups in total. The Bertz CT molecular complexity index is 495. The Labute approximate surface area is 140 Å². The molecule has 0 aliphatic heterocycles. The molecule has 3 heteroatoms. The third kappa shape index (κ3) is 2.91. The molecule has 3 aliphatic carbocycles. The van der Waals surface area contributed by atoms with Gasteiger partial charge in [-0.25, -0.2) is 0 Å². The number of Topliss-reactive ketones (excluding diaryl/α,β-unsaturated/α-hetero) is 1. The van der Waals surface area contributed by atoms with E-state index in [1.54, 1.807) is 7.11 Å². The van der Waals surface area contributed by atoms with E-state index >= 15 is 0 Å². The molecule has 0 aromatic rings. The molecule has 0 unspecified atom stereocenters. The number of methoxy groups -OCH3 is 1. The molecular weight excluding hydrogens is 288 g/mol. The summed E-state index contributed by atoms with van der Waals surface area (Å²) in [6.07, 6.45) is 12.4. The standard InChI is InChI=1S/C20H32O3/c1-18(2,23-14-22-4)10-5-7-15-13-20(15)12-9-16-17(21)8-6-11-19(16,20)3/h5,7,15-16H,6,8-14H2,1-4H3/b7-5+/t15-,16+,19+,20+/m1/s1. The van der Waals surface area contributed by atoms with Gasteiger partial charge < -0.3 is 9.47 Å². The van der Waals surface area contributed by atoms with E-state index in [4.69, 9.17) is 9.47 Å². The van der Waals surface area contributed by atoms with Crippen LogP contribution in [0.15, 0.2) is 12.2 Å². The van der Waals surface area contributed by atoms with Gasteiger partial charge >= 0.3 is 0 Å². The van der Waals surface area contributed by atoms with Crippen LogP contribution in [0.2, 0.25) is 0 Å². The molecule has 3 nitrogen and oxygen atoms in total. The number of hydrogen-bond acceptors (Lipinski definition) is 3. The largest absolute Gasteiger partial charge is 0.359 e. The van der Waals surface area contributed by atoms with Crippen LogP contribution in [0, 0.1) is 22.7 Å². The van der Waals surface area contributed by atoms with E-state index in [1.165, 1.54) is 19.3 Å². The highest BCUT2D eigenvalue weighted by Crippen LogP contribution is 2.75. The summed E-state index contributed by atoms with van der Waals surface area (Å²) in [7, 11) is 1.66. The van der Waals surface area contributed by atoms with Gasteiger partial charge in [0.1, 0.15) is 12.6 Å². The molecular formula is C20H32O3. The fourth-order valence-corrected chi connectivity index (χ4v) is 5.42. The molecule has 4 atom stereocenters. The van der Waals surface area contributed by atoms with Crippen LogP contribution < -0.4 is 0 Å². The van der Waals surface area contributed by atoms with E-state index in [-0.39, 0.29) is 11.0 Å². The Morgan fingerprint density at radius 2 is 2.13 bits per heavy atom. The maximum Gasteiger partial charge on any atom is 0.147 e. The highest BCUT2D eigenvalue weighted by molar-refractivity contribution is 5.83. The van der Waals surface area contributed by atoms with Crippen LogP contribution in [0.25, 0.3) is 0 Å². The summed E-state index contributed by atoms with van der Waals surface area (Å²) in [6.45, 7) is 6.95. The number of rotatable bonds is 6. The Hall–Kier alpha value is -0.670. The minimum Gasteiger partial charge on any atom is -0.359 e.